The van der Waals surface area contributed by atoms with Crippen molar-refractivity contribution in [1.82, 2.24) is 4.90 Å². The lowest BCUT2D eigenvalue weighted by Gasteiger charge is -2.44. The van der Waals surface area contributed by atoms with Crippen LogP contribution in [0, 0.1) is 11.8 Å². The minimum Gasteiger partial charge on any atom is -0.392 e. The first kappa shape index (κ1) is 11.0. The van der Waals surface area contributed by atoms with Gasteiger partial charge in [0, 0.05) is 12.6 Å². The van der Waals surface area contributed by atoms with Gasteiger partial charge in [0.15, 0.2) is 0 Å². The number of piperidine rings is 1. The van der Waals surface area contributed by atoms with Crippen LogP contribution in [0.15, 0.2) is 0 Å². The molecule has 1 unspecified atom stereocenters. The van der Waals surface area contributed by atoms with E-state index in [1.807, 2.05) is 0 Å². The van der Waals surface area contributed by atoms with Crippen LogP contribution in [0.3, 0.4) is 0 Å². The zero-order valence-electron chi connectivity index (χ0n) is 10.3. The molecule has 0 radical (unpaired) electrons. The van der Waals surface area contributed by atoms with Crippen molar-refractivity contribution in [3.05, 3.63) is 0 Å². The highest BCUT2D eigenvalue weighted by Crippen LogP contribution is 2.37. The average Bonchev–Trinajstić information content (AvgIpc) is 3.13. The van der Waals surface area contributed by atoms with Gasteiger partial charge >= 0.3 is 0 Å². The molecule has 16 heavy (non-hydrogen) atoms. The fourth-order valence-electron chi connectivity index (χ4n) is 3.82. The molecule has 0 aromatic heterocycles. The monoisotopic (exact) mass is 223 g/mol. The molecule has 0 aromatic carbocycles. The zero-order chi connectivity index (χ0) is 11.0. The zero-order valence-corrected chi connectivity index (χ0v) is 10.3. The summed E-state index contributed by atoms with van der Waals surface area (Å²) in [6.07, 6.45) is 11.0. The van der Waals surface area contributed by atoms with Crippen LogP contribution in [0.2, 0.25) is 0 Å². The number of fused-ring (bicyclic) bond motifs is 1. The Kier molecular flexibility index (Phi) is 3.21. The molecule has 3 rings (SSSR count). The molecule has 2 heteroatoms. The molecule has 1 aliphatic heterocycles. The van der Waals surface area contributed by atoms with E-state index in [1.54, 1.807) is 0 Å². The van der Waals surface area contributed by atoms with Crippen LogP contribution in [0.5, 0.6) is 0 Å². The van der Waals surface area contributed by atoms with Gasteiger partial charge in [0.25, 0.3) is 0 Å². The van der Waals surface area contributed by atoms with Gasteiger partial charge < -0.3 is 5.11 Å². The number of rotatable bonds is 3. The molecule has 1 N–H and O–H groups in total. The minimum atomic E-state index is -0.0272. The van der Waals surface area contributed by atoms with Crippen LogP contribution < -0.4 is 0 Å². The maximum absolute atomic E-state index is 10.1. The number of hydrogen-bond donors (Lipinski definition) is 1. The second-order valence-electron chi connectivity index (χ2n) is 6.15. The van der Waals surface area contributed by atoms with E-state index in [0.29, 0.717) is 5.92 Å². The van der Waals surface area contributed by atoms with Gasteiger partial charge in [0.2, 0.25) is 0 Å². The highest BCUT2D eigenvalue weighted by atomic mass is 16.3. The Morgan fingerprint density at radius 1 is 1.00 bits per heavy atom. The summed E-state index contributed by atoms with van der Waals surface area (Å²) in [4.78, 5) is 2.62. The van der Waals surface area contributed by atoms with E-state index in [0.717, 1.165) is 18.5 Å². The summed E-state index contributed by atoms with van der Waals surface area (Å²) in [6, 6.07) is 0.816. The molecule has 0 bridgehead atoms. The summed E-state index contributed by atoms with van der Waals surface area (Å²) in [5.41, 5.74) is 0. The van der Waals surface area contributed by atoms with Gasteiger partial charge in [-0.2, -0.15) is 0 Å². The van der Waals surface area contributed by atoms with Gasteiger partial charge in [0.05, 0.1) is 6.10 Å². The average molecular weight is 223 g/mol. The Morgan fingerprint density at radius 3 is 2.56 bits per heavy atom. The van der Waals surface area contributed by atoms with E-state index in [1.165, 1.54) is 57.9 Å². The van der Waals surface area contributed by atoms with E-state index >= 15 is 0 Å². The molecular weight excluding hydrogens is 198 g/mol. The van der Waals surface area contributed by atoms with Crippen LogP contribution >= 0.6 is 0 Å². The van der Waals surface area contributed by atoms with Crippen molar-refractivity contribution in [1.29, 1.82) is 0 Å². The second kappa shape index (κ2) is 4.66. The van der Waals surface area contributed by atoms with Crippen molar-refractivity contribution < 1.29 is 5.11 Å². The third kappa shape index (κ3) is 2.28. The highest BCUT2D eigenvalue weighted by Gasteiger charge is 2.37. The quantitative estimate of drug-likeness (QED) is 0.794. The van der Waals surface area contributed by atoms with Gasteiger partial charge in [-0.05, 0) is 56.9 Å². The number of nitrogens with zero attached hydrogens (tertiary/aromatic N) is 1. The molecule has 0 spiro atoms. The summed E-state index contributed by atoms with van der Waals surface area (Å²) >= 11 is 0. The summed E-state index contributed by atoms with van der Waals surface area (Å²) < 4.78 is 0. The number of likely N-dealkylation sites (tertiary alicyclic amines) is 1. The van der Waals surface area contributed by atoms with Crippen molar-refractivity contribution >= 4 is 0 Å². The summed E-state index contributed by atoms with van der Waals surface area (Å²) in [7, 11) is 0. The largest absolute Gasteiger partial charge is 0.392 e. The normalized spacial score (nSPS) is 38.1. The van der Waals surface area contributed by atoms with Crippen LogP contribution in [0.1, 0.15) is 51.4 Å². The lowest BCUT2D eigenvalue weighted by atomic mass is 9.78. The lowest BCUT2D eigenvalue weighted by Crippen LogP contribution is -2.49. The standard InChI is InChI=1S/C14H25NO/c16-14(12-7-8-12)10-15-9-3-5-11-4-1-2-6-13(11)15/h11-14,16H,1-10H2/t11-,13-,14?/m1/s1. The molecule has 2 saturated carbocycles. The number of aliphatic hydroxyl groups excluding tert-OH is 1. The maximum atomic E-state index is 10.1. The summed E-state index contributed by atoms with van der Waals surface area (Å²) in [5, 5.41) is 10.1. The molecule has 1 saturated heterocycles. The molecule has 3 aliphatic rings. The van der Waals surface area contributed by atoms with E-state index < -0.39 is 0 Å². The lowest BCUT2D eigenvalue weighted by molar-refractivity contribution is 0.0146. The van der Waals surface area contributed by atoms with Crippen molar-refractivity contribution in [2.75, 3.05) is 13.1 Å². The van der Waals surface area contributed by atoms with Crippen molar-refractivity contribution in [3.8, 4) is 0 Å². The minimum absolute atomic E-state index is 0.0272. The molecule has 1 heterocycles. The van der Waals surface area contributed by atoms with Gasteiger partial charge in [-0.15, -0.1) is 0 Å². The third-order valence-corrected chi connectivity index (χ3v) is 4.95. The molecule has 2 aliphatic carbocycles. The van der Waals surface area contributed by atoms with Crippen LogP contribution in [-0.2, 0) is 0 Å². The molecule has 3 fully saturated rings. The molecular formula is C14H25NO. The number of aliphatic hydroxyl groups is 1. The predicted octanol–water partition coefficient (Wildman–Crippen LogP) is 2.41. The summed E-state index contributed by atoms with van der Waals surface area (Å²) in [6.45, 7) is 2.21. The smallest absolute Gasteiger partial charge is 0.0695 e. The Balaban J connectivity index is 1.59. The van der Waals surface area contributed by atoms with E-state index in [9.17, 15) is 5.11 Å². The van der Waals surface area contributed by atoms with Gasteiger partial charge in [0.1, 0.15) is 0 Å². The number of β-amino-alcohol motifs (C(OH)–C–C–N with tert-alkyl or cyclic N) is 1. The Labute approximate surface area is 99.0 Å². The fraction of sp³-hybridized carbons (Fsp3) is 1.00. The van der Waals surface area contributed by atoms with Crippen molar-refractivity contribution in [2.45, 2.75) is 63.5 Å². The molecule has 92 valence electrons. The van der Waals surface area contributed by atoms with E-state index in [2.05, 4.69) is 4.90 Å². The van der Waals surface area contributed by atoms with Crippen molar-refractivity contribution in [3.63, 3.8) is 0 Å². The first-order valence-corrected chi connectivity index (χ1v) is 7.27. The maximum Gasteiger partial charge on any atom is 0.0695 e. The van der Waals surface area contributed by atoms with Gasteiger partial charge in [-0.1, -0.05) is 12.8 Å². The second-order valence-corrected chi connectivity index (χ2v) is 6.15. The van der Waals surface area contributed by atoms with Crippen LogP contribution in [-0.4, -0.2) is 35.2 Å². The fourth-order valence-corrected chi connectivity index (χ4v) is 3.82. The molecule has 3 atom stereocenters. The number of hydrogen-bond acceptors (Lipinski definition) is 2. The van der Waals surface area contributed by atoms with Gasteiger partial charge in [-0.25, -0.2) is 0 Å². The first-order valence-electron chi connectivity index (χ1n) is 7.27. The Bertz CT molecular complexity index is 237. The SMILES string of the molecule is OC(CN1CCC[C@H]2CCCC[C@H]21)C1CC1. The predicted molar refractivity (Wildman–Crippen MR) is 65.3 cm³/mol. The highest BCUT2D eigenvalue weighted by molar-refractivity contribution is 4.90. The Morgan fingerprint density at radius 2 is 1.75 bits per heavy atom. The van der Waals surface area contributed by atoms with E-state index in [-0.39, 0.29) is 6.10 Å². The topological polar surface area (TPSA) is 23.5 Å². The molecule has 2 nitrogen and oxygen atoms in total. The molecule has 0 amide bonds. The van der Waals surface area contributed by atoms with Gasteiger partial charge in [-0.3, -0.25) is 4.90 Å². The van der Waals surface area contributed by atoms with E-state index in [4.69, 9.17) is 0 Å². The van der Waals surface area contributed by atoms with Crippen molar-refractivity contribution in [2.24, 2.45) is 11.8 Å². The van der Waals surface area contributed by atoms with Crippen LogP contribution in [0.4, 0.5) is 0 Å². The summed E-state index contributed by atoms with van der Waals surface area (Å²) in [5.74, 6) is 1.60. The van der Waals surface area contributed by atoms with Crippen LogP contribution in [0.25, 0.3) is 0 Å². The third-order valence-electron chi connectivity index (χ3n) is 4.95. The first-order chi connectivity index (χ1) is 7.84. The Hall–Kier alpha value is -0.0800. The molecule has 0 aromatic rings.